The number of benzene rings is 2. The Morgan fingerprint density at radius 2 is 1.82 bits per heavy atom. The van der Waals surface area contributed by atoms with Crippen LogP contribution in [0.15, 0.2) is 53.4 Å². The molecule has 0 saturated carbocycles. The number of hydrogen-bond acceptors (Lipinski definition) is 5. The lowest BCUT2D eigenvalue weighted by Gasteiger charge is -2.15. The van der Waals surface area contributed by atoms with Crippen LogP contribution in [0.2, 0.25) is 0 Å². The zero-order chi connectivity index (χ0) is 20.3. The van der Waals surface area contributed by atoms with Crippen LogP contribution in [0.25, 0.3) is 5.57 Å². The number of nitrogens with one attached hydrogen (secondary N) is 1. The van der Waals surface area contributed by atoms with Gasteiger partial charge < -0.3 is 10.4 Å². The fourth-order valence-corrected chi connectivity index (χ4v) is 3.83. The molecular weight excluding hydrogens is 376 g/mol. The largest absolute Gasteiger partial charge is 0.396 e. The SMILES string of the molecule is CC(=O)Nc1ccc(C2=C(SCCO)C(=O)N(c3cccc(C)c3)C2=O)cc1. The van der Waals surface area contributed by atoms with E-state index in [9.17, 15) is 19.5 Å². The molecule has 2 N–H and O–H groups in total. The average Bonchev–Trinajstić information content (AvgIpc) is 2.90. The Bertz CT molecular complexity index is 967. The summed E-state index contributed by atoms with van der Waals surface area (Å²) >= 11 is 1.16. The highest BCUT2D eigenvalue weighted by atomic mass is 32.2. The number of anilines is 2. The highest BCUT2D eigenvalue weighted by molar-refractivity contribution is 8.04. The predicted octanol–water partition coefficient (Wildman–Crippen LogP) is 2.96. The van der Waals surface area contributed by atoms with Crippen LogP contribution in [0.5, 0.6) is 0 Å². The van der Waals surface area contributed by atoms with Gasteiger partial charge in [-0.1, -0.05) is 24.3 Å². The van der Waals surface area contributed by atoms with Gasteiger partial charge in [-0.15, -0.1) is 11.8 Å². The van der Waals surface area contributed by atoms with Gasteiger partial charge in [0.2, 0.25) is 5.91 Å². The first-order valence-electron chi connectivity index (χ1n) is 8.73. The van der Waals surface area contributed by atoms with Gasteiger partial charge in [-0.25, -0.2) is 4.90 Å². The molecule has 144 valence electrons. The van der Waals surface area contributed by atoms with Gasteiger partial charge in [0.05, 0.1) is 22.8 Å². The van der Waals surface area contributed by atoms with Crippen LogP contribution in [0.3, 0.4) is 0 Å². The lowest BCUT2D eigenvalue weighted by molar-refractivity contribution is -0.120. The van der Waals surface area contributed by atoms with Gasteiger partial charge in [-0.2, -0.15) is 0 Å². The van der Waals surface area contributed by atoms with Crippen molar-refractivity contribution in [1.29, 1.82) is 0 Å². The number of nitrogens with zero attached hydrogens (tertiary/aromatic N) is 1. The summed E-state index contributed by atoms with van der Waals surface area (Å²) in [5.74, 6) is -0.675. The Hall–Kier alpha value is -2.90. The highest BCUT2D eigenvalue weighted by Gasteiger charge is 2.40. The van der Waals surface area contributed by atoms with Crippen molar-refractivity contribution in [1.82, 2.24) is 0 Å². The molecule has 3 rings (SSSR count). The van der Waals surface area contributed by atoms with Crippen LogP contribution in [0.1, 0.15) is 18.1 Å². The number of hydrogen-bond donors (Lipinski definition) is 2. The average molecular weight is 396 g/mol. The van der Waals surface area contributed by atoms with Crippen molar-refractivity contribution < 1.29 is 19.5 Å². The summed E-state index contributed by atoms with van der Waals surface area (Å²) in [4.78, 5) is 38.9. The molecule has 1 aliphatic rings. The summed E-state index contributed by atoms with van der Waals surface area (Å²) in [5.41, 5.74) is 2.95. The molecule has 0 radical (unpaired) electrons. The number of aryl methyl sites for hydroxylation is 1. The second kappa shape index (κ2) is 8.41. The number of rotatable bonds is 6. The number of aliphatic hydroxyl groups is 1. The lowest BCUT2D eigenvalue weighted by atomic mass is 10.1. The van der Waals surface area contributed by atoms with Gasteiger partial charge in [0.15, 0.2) is 0 Å². The quantitative estimate of drug-likeness (QED) is 0.733. The molecule has 0 spiro atoms. The third-order valence-electron chi connectivity index (χ3n) is 4.13. The van der Waals surface area contributed by atoms with E-state index in [2.05, 4.69) is 5.32 Å². The fraction of sp³-hybridized carbons (Fsp3) is 0.190. The Morgan fingerprint density at radius 1 is 1.11 bits per heavy atom. The van der Waals surface area contributed by atoms with E-state index < -0.39 is 11.8 Å². The first kappa shape index (κ1) is 19.9. The van der Waals surface area contributed by atoms with Crippen molar-refractivity contribution in [3.8, 4) is 0 Å². The van der Waals surface area contributed by atoms with Crippen LogP contribution in [0.4, 0.5) is 11.4 Å². The van der Waals surface area contributed by atoms with Gasteiger partial charge in [0.25, 0.3) is 11.8 Å². The molecule has 2 aromatic carbocycles. The summed E-state index contributed by atoms with van der Waals surface area (Å²) < 4.78 is 0. The molecule has 2 aromatic rings. The molecule has 0 fully saturated rings. The summed E-state index contributed by atoms with van der Waals surface area (Å²) in [6.07, 6.45) is 0. The maximum absolute atomic E-state index is 13.2. The second-order valence-corrected chi connectivity index (χ2v) is 7.42. The van der Waals surface area contributed by atoms with E-state index >= 15 is 0 Å². The maximum atomic E-state index is 13.2. The number of carbonyl (C=O) groups is 3. The Morgan fingerprint density at radius 3 is 2.43 bits per heavy atom. The molecule has 0 aliphatic carbocycles. The van der Waals surface area contributed by atoms with Crippen LogP contribution in [-0.2, 0) is 14.4 Å². The van der Waals surface area contributed by atoms with Crippen LogP contribution in [-0.4, -0.2) is 35.2 Å². The normalized spacial score (nSPS) is 14.0. The monoisotopic (exact) mass is 396 g/mol. The zero-order valence-corrected chi connectivity index (χ0v) is 16.4. The first-order chi connectivity index (χ1) is 13.4. The molecule has 0 bridgehead atoms. The van der Waals surface area contributed by atoms with Gasteiger partial charge in [-0.05, 0) is 42.3 Å². The molecule has 1 aliphatic heterocycles. The first-order valence-corrected chi connectivity index (χ1v) is 9.72. The molecular formula is C21H20N2O4S. The number of aliphatic hydroxyl groups excluding tert-OH is 1. The van der Waals surface area contributed by atoms with Crippen molar-refractivity contribution in [2.75, 3.05) is 22.6 Å². The third kappa shape index (κ3) is 4.00. The zero-order valence-electron chi connectivity index (χ0n) is 15.6. The highest BCUT2D eigenvalue weighted by Crippen LogP contribution is 2.38. The van der Waals surface area contributed by atoms with E-state index in [-0.39, 0.29) is 12.5 Å². The second-order valence-electron chi connectivity index (χ2n) is 6.32. The van der Waals surface area contributed by atoms with Crippen molar-refractivity contribution in [3.05, 3.63) is 64.6 Å². The Balaban J connectivity index is 2.01. The van der Waals surface area contributed by atoms with Crippen LogP contribution < -0.4 is 10.2 Å². The van der Waals surface area contributed by atoms with Gasteiger partial charge in [0.1, 0.15) is 0 Å². The van der Waals surface area contributed by atoms with Crippen molar-refractivity contribution in [3.63, 3.8) is 0 Å². The standard InChI is InChI=1S/C21H20N2O4S/c1-13-4-3-5-17(12-13)23-20(26)18(19(21(23)27)28-11-10-24)15-6-8-16(9-7-15)22-14(2)25/h3-9,12,24H,10-11H2,1-2H3,(H,22,25). The Labute approximate surface area is 167 Å². The van der Waals surface area contributed by atoms with E-state index in [0.29, 0.717) is 33.2 Å². The van der Waals surface area contributed by atoms with E-state index in [0.717, 1.165) is 17.3 Å². The van der Waals surface area contributed by atoms with Crippen molar-refractivity contribution in [2.24, 2.45) is 0 Å². The number of amides is 3. The predicted molar refractivity (Wildman–Crippen MR) is 111 cm³/mol. The number of imide groups is 1. The molecule has 0 unspecified atom stereocenters. The number of carbonyl (C=O) groups excluding carboxylic acids is 3. The molecule has 0 atom stereocenters. The minimum atomic E-state index is -0.400. The van der Waals surface area contributed by atoms with Gasteiger partial charge in [0, 0.05) is 18.4 Å². The minimum absolute atomic E-state index is 0.102. The van der Waals surface area contributed by atoms with E-state index in [4.69, 9.17) is 0 Å². The lowest BCUT2D eigenvalue weighted by Crippen LogP contribution is -2.31. The van der Waals surface area contributed by atoms with Crippen LogP contribution >= 0.6 is 11.8 Å². The van der Waals surface area contributed by atoms with Gasteiger partial charge in [-0.3, -0.25) is 14.4 Å². The third-order valence-corrected chi connectivity index (χ3v) is 5.19. The molecule has 3 amide bonds. The van der Waals surface area contributed by atoms with E-state index in [1.54, 1.807) is 42.5 Å². The molecule has 0 aromatic heterocycles. The van der Waals surface area contributed by atoms with E-state index in [1.807, 2.05) is 13.0 Å². The summed E-state index contributed by atoms with van der Waals surface area (Å²) in [6.45, 7) is 3.21. The smallest absolute Gasteiger partial charge is 0.272 e. The summed E-state index contributed by atoms with van der Waals surface area (Å²) in [5, 5.41) is 11.9. The molecule has 6 nitrogen and oxygen atoms in total. The topological polar surface area (TPSA) is 86.7 Å². The number of thioether (sulfide) groups is 1. The summed E-state index contributed by atoms with van der Waals surface area (Å²) in [7, 11) is 0. The molecule has 0 saturated heterocycles. The van der Waals surface area contributed by atoms with Crippen molar-refractivity contribution in [2.45, 2.75) is 13.8 Å². The van der Waals surface area contributed by atoms with Crippen molar-refractivity contribution >= 4 is 46.4 Å². The minimum Gasteiger partial charge on any atom is -0.396 e. The Kier molecular flexibility index (Phi) is 5.96. The van der Waals surface area contributed by atoms with Gasteiger partial charge >= 0.3 is 0 Å². The molecule has 1 heterocycles. The maximum Gasteiger partial charge on any atom is 0.272 e. The van der Waals surface area contributed by atoms with Crippen LogP contribution in [0, 0.1) is 6.92 Å². The fourth-order valence-electron chi connectivity index (χ4n) is 2.97. The molecule has 7 heteroatoms. The summed E-state index contributed by atoms with van der Waals surface area (Å²) in [6, 6.07) is 14.0. The van der Waals surface area contributed by atoms with E-state index in [1.165, 1.54) is 11.8 Å². The molecule has 28 heavy (non-hydrogen) atoms.